The van der Waals surface area contributed by atoms with Crippen molar-refractivity contribution < 1.29 is 4.42 Å². The topological polar surface area (TPSA) is 51.8 Å². The van der Waals surface area contributed by atoms with Gasteiger partial charge in [0.25, 0.3) is 0 Å². The first-order valence-electron chi connectivity index (χ1n) is 19.8. The van der Waals surface area contributed by atoms with E-state index < -0.39 is 0 Å². The van der Waals surface area contributed by atoms with Gasteiger partial charge in [-0.2, -0.15) is 0 Å². The second kappa shape index (κ2) is 14.5. The number of furan rings is 1. The maximum absolute atomic E-state index is 6.77. The minimum atomic E-state index is 0.582. The smallest absolute Gasteiger partial charge is 0.164 e. The lowest BCUT2D eigenvalue weighted by Gasteiger charge is -2.12. The maximum atomic E-state index is 6.77. The average molecular weight is 754 g/mol. The van der Waals surface area contributed by atoms with Gasteiger partial charge < -0.3 is 4.42 Å². The van der Waals surface area contributed by atoms with E-state index in [1.54, 1.807) is 0 Å². The third kappa shape index (κ3) is 6.34. The van der Waals surface area contributed by atoms with Crippen molar-refractivity contribution in [3.63, 3.8) is 0 Å². The molecule has 0 aliphatic carbocycles. The van der Waals surface area contributed by atoms with Gasteiger partial charge in [-0.25, -0.2) is 15.0 Å². The molecule has 0 aliphatic rings. The van der Waals surface area contributed by atoms with Crippen LogP contribution in [-0.2, 0) is 0 Å². The van der Waals surface area contributed by atoms with Gasteiger partial charge in [-0.3, -0.25) is 0 Å². The highest BCUT2D eigenvalue weighted by molar-refractivity contribution is 6.15. The van der Waals surface area contributed by atoms with Crippen LogP contribution in [0.4, 0.5) is 0 Å². The van der Waals surface area contributed by atoms with Crippen LogP contribution in [-0.4, -0.2) is 15.0 Å². The highest BCUT2D eigenvalue weighted by Crippen LogP contribution is 2.41. The van der Waals surface area contributed by atoms with E-state index in [2.05, 4.69) is 182 Å². The van der Waals surface area contributed by atoms with E-state index in [0.717, 1.165) is 88.3 Å². The zero-order valence-corrected chi connectivity index (χ0v) is 32.0. The number of nitrogens with zero attached hydrogens (tertiary/aromatic N) is 3. The number of para-hydroxylation sites is 1. The molecule has 0 aliphatic heterocycles. The second-order valence-electron chi connectivity index (χ2n) is 14.8. The first kappa shape index (κ1) is 34.3. The highest BCUT2D eigenvalue weighted by Gasteiger charge is 2.20. The van der Waals surface area contributed by atoms with Crippen molar-refractivity contribution in [3.8, 4) is 78.7 Å². The first-order valence-corrected chi connectivity index (χ1v) is 19.8. The summed E-state index contributed by atoms with van der Waals surface area (Å²) >= 11 is 0. The quantitative estimate of drug-likeness (QED) is 0.163. The third-order valence-electron chi connectivity index (χ3n) is 11.2. The normalized spacial score (nSPS) is 11.4. The molecule has 2 heterocycles. The number of benzene rings is 9. The highest BCUT2D eigenvalue weighted by atomic mass is 16.3. The SMILES string of the molecule is c1ccc(-c2ccc(-c3nc(-c4cccc5ccc(-c6ccccc6)cc45)nc(-c4cccc5oc6c(-c7cccc(-c8ccccc8)c7)cccc6c45)n3)cc2)cc1. The zero-order chi connectivity index (χ0) is 39.1. The van der Waals surface area contributed by atoms with Crippen LogP contribution in [0, 0.1) is 0 Å². The number of aromatic nitrogens is 3. The Morgan fingerprint density at radius 1 is 0.288 bits per heavy atom. The van der Waals surface area contributed by atoms with Crippen LogP contribution in [0.5, 0.6) is 0 Å². The summed E-state index contributed by atoms with van der Waals surface area (Å²) in [4.78, 5) is 15.8. The molecule has 0 saturated carbocycles. The van der Waals surface area contributed by atoms with Crippen LogP contribution < -0.4 is 0 Å². The molecule has 2 aromatic heterocycles. The molecule has 9 aromatic carbocycles. The summed E-state index contributed by atoms with van der Waals surface area (Å²) in [6.45, 7) is 0. The molecule has 276 valence electrons. The molecule has 0 spiro atoms. The number of fused-ring (bicyclic) bond motifs is 4. The largest absolute Gasteiger partial charge is 0.455 e. The first-order chi connectivity index (χ1) is 29.2. The zero-order valence-electron chi connectivity index (χ0n) is 32.0. The van der Waals surface area contributed by atoms with Crippen molar-refractivity contribution in [2.75, 3.05) is 0 Å². The van der Waals surface area contributed by atoms with Crippen LogP contribution >= 0.6 is 0 Å². The summed E-state index contributed by atoms with van der Waals surface area (Å²) < 4.78 is 6.77. The Kier molecular flexibility index (Phi) is 8.45. The fourth-order valence-electron chi connectivity index (χ4n) is 8.22. The van der Waals surface area contributed by atoms with Gasteiger partial charge in [-0.15, -0.1) is 0 Å². The molecule has 0 N–H and O–H groups in total. The van der Waals surface area contributed by atoms with Crippen molar-refractivity contribution in [1.82, 2.24) is 15.0 Å². The molecule has 0 atom stereocenters. The molecule has 4 nitrogen and oxygen atoms in total. The molecule has 0 fully saturated rings. The lowest BCUT2D eigenvalue weighted by atomic mass is 9.97. The van der Waals surface area contributed by atoms with Crippen LogP contribution in [0.3, 0.4) is 0 Å². The van der Waals surface area contributed by atoms with Crippen LogP contribution in [0.15, 0.2) is 217 Å². The molecule has 4 heteroatoms. The molecule has 0 unspecified atom stereocenters. The lowest BCUT2D eigenvalue weighted by molar-refractivity contribution is 0.670. The van der Waals surface area contributed by atoms with E-state index in [-0.39, 0.29) is 0 Å². The summed E-state index contributed by atoms with van der Waals surface area (Å²) in [7, 11) is 0. The molecule has 0 radical (unpaired) electrons. The molecular weight excluding hydrogens is 719 g/mol. The maximum Gasteiger partial charge on any atom is 0.164 e. The third-order valence-corrected chi connectivity index (χ3v) is 11.2. The minimum absolute atomic E-state index is 0.582. The standard InChI is InChI=1S/C55H35N3O/c1-4-14-36(15-5-1)39-28-31-41(32-29-39)53-56-54(46-24-11-20-40-30-33-43(35-49(40)46)38-18-8-3-9-19-38)58-55(57-53)48-26-13-27-50-51(48)47-25-12-23-45(52(47)59-50)44-22-10-21-42(34-44)37-16-6-2-7-17-37/h1-35H. The summed E-state index contributed by atoms with van der Waals surface area (Å²) in [5.74, 6) is 1.79. The van der Waals surface area contributed by atoms with Gasteiger partial charge in [0.2, 0.25) is 0 Å². The number of rotatable bonds is 7. The Labute approximate surface area is 341 Å². The fraction of sp³-hybridized carbons (Fsp3) is 0. The molecule has 59 heavy (non-hydrogen) atoms. The van der Waals surface area contributed by atoms with Gasteiger partial charge in [0.05, 0.1) is 0 Å². The lowest BCUT2D eigenvalue weighted by Crippen LogP contribution is -2.01. The molecule has 11 aromatic rings. The van der Waals surface area contributed by atoms with E-state index in [1.807, 2.05) is 30.3 Å². The molecule has 0 amide bonds. The number of hydrogen-bond acceptors (Lipinski definition) is 4. The van der Waals surface area contributed by atoms with Crippen LogP contribution in [0.25, 0.3) is 111 Å². The van der Waals surface area contributed by atoms with Crippen molar-refractivity contribution in [2.24, 2.45) is 0 Å². The van der Waals surface area contributed by atoms with Crippen molar-refractivity contribution in [3.05, 3.63) is 212 Å². The number of hydrogen-bond donors (Lipinski definition) is 0. The predicted octanol–water partition coefficient (Wildman–Crippen LogP) is 14.6. The Balaban J connectivity index is 1.10. The van der Waals surface area contributed by atoms with Crippen molar-refractivity contribution in [1.29, 1.82) is 0 Å². The van der Waals surface area contributed by atoms with Gasteiger partial charge in [-0.05, 0) is 67.9 Å². The van der Waals surface area contributed by atoms with Crippen LogP contribution in [0.2, 0.25) is 0 Å². The summed E-state index contributed by atoms with van der Waals surface area (Å²) in [6, 6.07) is 74.0. The van der Waals surface area contributed by atoms with Crippen LogP contribution in [0.1, 0.15) is 0 Å². The monoisotopic (exact) mass is 753 g/mol. The fourth-order valence-corrected chi connectivity index (χ4v) is 8.22. The van der Waals surface area contributed by atoms with E-state index in [0.29, 0.717) is 17.5 Å². The Hall–Kier alpha value is -7.95. The molecular formula is C55H35N3O. The molecule has 0 saturated heterocycles. The Morgan fingerprint density at radius 3 is 1.51 bits per heavy atom. The van der Waals surface area contributed by atoms with Crippen molar-refractivity contribution in [2.45, 2.75) is 0 Å². The summed E-state index contributed by atoms with van der Waals surface area (Å²) in [6.07, 6.45) is 0. The predicted molar refractivity (Wildman–Crippen MR) is 243 cm³/mol. The van der Waals surface area contributed by atoms with E-state index in [9.17, 15) is 0 Å². The molecule has 11 rings (SSSR count). The van der Waals surface area contributed by atoms with E-state index in [1.165, 1.54) is 5.56 Å². The van der Waals surface area contributed by atoms with Gasteiger partial charge in [-0.1, -0.05) is 194 Å². The minimum Gasteiger partial charge on any atom is -0.455 e. The Bertz CT molecular complexity index is 3300. The summed E-state index contributed by atoms with van der Waals surface area (Å²) in [5, 5.41) is 4.16. The molecule has 0 bridgehead atoms. The second-order valence-corrected chi connectivity index (χ2v) is 14.8. The Morgan fingerprint density at radius 2 is 0.780 bits per heavy atom. The van der Waals surface area contributed by atoms with Gasteiger partial charge in [0, 0.05) is 33.0 Å². The average Bonchev–Trinajstić information content (AvgIpc) is 3.71. The van der Waals surface area contributed by atoms with Gasteiger partial charge >= 0.3 is 0 Å². The summed E-state index contributed by atoms with van der Waals surface area (Å²) in [5.41, 5.74) is 13.4. The van der Waals surface area contributed by atoms with Gasteiger partial charge in [0.15, 0.2) is 17.5 Å². The van der Waals surface area contributed by atoms with E-state index in [4.69, 9.17) is 19.4 Å². The van der Waals surface area contributed by atoms with Gasteiger partial charge in [0.1, 0.15) is 11.2 Å². The van der Waals surface area contributed by atoms with E-state index >= 15 is 0 Å². The van der Waals surface area contributed by atoms with Crippen molar-refractivity contribution >= 4 is 32.7 Å².